The van der Waals surface area contributed by atoms with Crippen molar-refractivity contribution >= 4 is 11.9 Å². The Morgan fingerprint density at radius 2 is 1.62 bits per heavy atom. The third-order valence-corrected chi connectivity index (χ3v) is 3.41. The number of phenols is 2. The summed E-state index contributed by atoms with van der Waals surface area (Å²) in [7, 11) is 4.35. The van der Waals surface area contributed by atoms with Gasteiger partial charge in [0, 0.05) is 17.7 Å². The highest BCUT2D eigenvalue weighted by Gasteiger charge is 2.11. The first kappa shape index (κ1) is 17.2. The minimum absolute atomic E-state index is 0.0761. The maximum absolute atomic E-state index is 12.2. The van der Waals surface area contributed by atoms with Gasteiger partial charge in [0.25, 0.3) is 0 Å². The number of carbonyl (C=O) groups excluding carboxylic acids is 1. The predicted molar refractivity (Wildman–Crippen MR) is 89.2 cm³/mol. The largest absolute Gasteiger partial charge is 0.507 e. The van der Waals surface area contributed by atoms with Crippen molar-refractivity contribution in [3.05, 3.63) is 47.5 Å². The van der Waals surface area contributed by atoms with E-state index in [0.717, 1.165) is 0 Å². The first-order valence-electron chi connectivity index (χ1n) is 7.04. The van der Waals surface area contributed by atoms with Crippen molar-refractivity contribution in [2.75, 3.05) is 21.3 Å². The summed E-state index contributed by atoms with van der Waals surface area (Å²) in [5.41, 5.74) is 0.640. The van der Waals surface area contributed by atoms with Crippen molar-refractivity contribution in [1.29, 1.82) is 0 Å². The van der Waals surface area contributed by atoms with Crippen LogP contribution in [0.5, 0.6) is 28.7 Å². The smallest absolute Gasteiger partial charge is 0.185 e. The van der Waals surface area contributed by atoms with E-state index in [2.05, 4.69) is 0 Å². The lowest BCUT2D eigenvalue weighted by Gasteiger charge is -2.09. The fourth-order valence-electron chi connectivity index (χ4n) is 2.14. The van der Waals surface area contributed by atoms with E-state index in [1.54, 1.807) is 6.07 Å². The Kier molecular flexibility index (Phi) is 5.31. The molecule has 24 heavy (non-hydrogen) atoms. The summed E-state index contributed by atoms with van der Waals surface area (Å²) >= 11 is 0. The summed E-state index contributed by atoms with van der Waals surface area (Å²) in [4.78, 5) is 12.2. The first-order valence-corrected chi connectivity index (χ1v) is 7.04. The zero-order chi connectivity index (χ0) is 17.7. The first-order chi connectivity index (χ1) is 11.5. The molecule has 2 aromatic carbocycles. The van der Waals surface area contributed by atoms with Crippen molar-refractivity contribution in [2.24, 2.45) is 0 Å². The minimum atomic E-state index is -0.342. The van der Waals surface area contributed by atoms with Gasteiger partial charge in [0.15, 0.2) is 17.3 Å². The van der Waals surface area contributed by atoms with E-state index >= 15 is 0 Å². The summed E-state index contributed by atoms with van der Waals surface area (Å²) in [5, 5.41) is 19.8. The average molecular weight is 330 g/mol. The molecule has 0 aliphatic carbocycles. The molecule has 0 aliphatic rings. The molecule has 0 heterocycles. The summed E-state index contributed by atoms with van der Waals surface area (Å²) in [5.74, 6) is 0.547. The molecule has 0 saturated carbocycles. The van der Waals surface area contributed by atoms with E-state index in [0.29, 0.717) is 17.1 Å². The number of hydrogen-bond acceptors (Lipinski definition) is 6. The standard InChI is InChI=1S/C18H18O6/c1-22-12-9-15(20)13(18(10-12)24-3)5-6-14(19)11-4-7-17(23-2)16(21)8-11/h4-10,20-21H,1-3H3/b6-5+. The number of benzene rings is 2. The molecule has 2 rings (SSSR count). The molecule has 0 radical (unpaired) electrons. The summed E-state index contributed by atoms with van der Waals surface area (Å²) < 4.78 is 15.2. The maximum atomic E-state index is 12.2. The molecular weight excluding hydrogens is 312 g/mol. The monoisotopic (exact) mass is 330 g/mol. The van der Waals surface area contributed by atoms with E-state index in [1.807, 2.05) is 0 Å². The van der Waals surface area contributed by atoms with Crippen LogP contribution in [0.1, 0.15) is 15.9 Å². The predicted octanol–water partition coefficient (Wildman–Crippen LogP) is 3.02. The number of ketones is 1. The van der Waals surface area contributed by atoms with Crippen molar-refractivity contribution in [2.45, 2.75) is 0 Å². The van der Waals surface area contributed by atoms with E-state index in [-0.39, 0.29) is 28.6 Å². The van der Waals surface area contributed by atoms with Crippen LogP contribution in [0.4, 0.5) is 0 Å². The lowest BCUT2D eigenvalue weighted by Crippen LogP contribution is -1.96. The fourth-order valence-corrected chi connectivity index (χ4v) is 2.14. The number of aromatic hydroxyl groups is 2. The SMILES string of the molecule is COc1cc(O)c(/C=C/C(=O)c2ccc(OC)c(O)c2)c(OC)c1. The third kappa shape index (κ3) is 3.60. The lowest BCUT2D eigenvalue weighted by molar-refractivity contribution is 0.104. The molecule has 0 amide bonds. The second-order valence-electron chi connectivity index (χ2n) is 4.85. The highest BCUT2D eigenvalue weighted by molar-refractivity contribution is 6.07. The van der Waals surface area contributed by atoms with Crippen LogP contribution in [-0.4, -0.2) is 37.3 Å². The molecule has 0 saturated heterocycles. The number of ether oxygens (including phenoxy) is 3. The Hall–Kier alpha value is -3.15. The lowest BCUT2D eigenvalue weighted by atomic mass is 10.1. The van der Waals surface area contributed by atoms with Crippen LogP contribution < -0.4 is 14.2 Å². The molecule has 0 aromatic heterocycles. The second kappa shape index (κ2) is 7.41. The Morgan fingerprint density at radius 3 is 2.21 bits per heavy atom. The molecule has 2 aromatic rings. The van der Waals surface area contributed by atoms with E-state index in [9.17, 15) is 15.0 Å². The number of carbonyl (C=O) groups is 1. The molecule has 0 spiro atoms. The summed E-state index contributed by atoms with van der Waals surface area (Å²) in [6.07, 6.45) is 2.72. The van der Waals surface area contributed by atoms with Gasteiger partial charge < -0.3 is 24.4 Å². The van der Waals surface area contributed by atoms with Crippen LogP contribution in [-0.2, 0) is 0 Å². The molecule has 6 heteroatoms. The molecule has 0 atom stereocenters. The summed E-state index contributed by atoms with van der Waals surface area (Å²) in [6, 6.07) is 7.38. The van der Waals surface area contributed by atoms with Gasteiger partial charge in [-0.25, -0.2) is 0 Å². The number of phenolic OH excluding ortho intramolecular Hbond substituents is 2. The zero-order valence-corrected chi connectivity index (χ0v) is 13.6. The fraction of sp³-hybridized carbons (Fsp3) is 0.167. The topological polar surface area (TPSA) is 85.2 Å². The maximum Gasteiger partial charge on any atom is 0.185 e. The molecule has 0 bridgehead atoms. The van der Waals surface area contributed by atoms with Gasteiger partial charge >= 0.3 is 0 Å². The van der Waals surface area contributed by atoms with Gasteiger partial charge in [0.2, 0.25) is 0 Å². The van der Waals surface area contributed by atoms with Gasteiger partial charge in [0.1, 0.15) is 17.2 Å². The van der Waals surface area contributed by atoms with Gasteiger partial charge in [0.05, 0.1) is 26.9 Å². The quantitative estimate of drug-likeness (QED) is 0.625. The molecule has 6 nitrogen and oxygen atoms in total. The van der Waals surface area contributed by atoms with Gasteiger partial charge in [-0.2, -0.15) is 0 Å². The zero-order valence-electron chi connectivity index (χ0n) is 13.6. The van der Waals surface area contributed by atoms with Gasteiger partial charge in [-0.05, 0) is 30.4 Å². The van der Waals surface area contributed by atoms with Gasteiger partial charge in [-0.3, -0.25) is 4.79 Å². The molecule has 0 unspecified atom stereocenters. The van der Waals surface area contributed by atoms with Crippen LogP contribution >= 0.6 is 0 Å². The second-order valence-corrected chi connectivity index (χ2v) is 4.85. The third-order valence-electron chi connectivity index (χ3n) is 3.41. The molecule has 2 N–H and O–H groups in total. The van der Waals surface area contributed by atoms with Crippen molar-refractivity contribution in [3.63, 3.8) is 0 Å². The van der Waals surface area contributed by atoms with Gasteiger partial charge in [-0.1, -0.05) is 0 Å². The Labute approximate surface area is 139 Å². The van der Waals surface area contributed by atoms with E-state index < -0.39 is 0 Å². The van der Waals surface area contributed by atoms with Crippen LogP contribution in [0.25, 0.3) is 6.08 Å². The van der Waals surface area contributed by atoms with Crippen LogP contribution in [0.15, 0.2) is 36.4 Å². The van der Waals surface area contributed by atoms with Crippen LogP contribution in [0.3, 0.4) is 0 Å². The highest BCUT2D eigenvalue weighted by Crippen LogP contribution is 2.34. The molecular formula is C18H18O6. The normalized spacial score (nSPS) is 10.6. The Balaban J connectivity index is 2.30. The van der Waals surface area contributed by atoms with E-state index in [1.165, 1.54) is 57.7 Å². The molecule has 0 aliphatic heterocycles. The number of rotatable bonds is 6. The average Bonchev–Trinajstić information content (AvgIpc) is 2.59. The van der Waals surface area contributed by atoms with E-state index in [4.69, 9.17) is 14.2 Å². The van der Waals surface area contributed by atoms with Gasteiger partial charge in [-0.15, -0.1) is 0 Å². The summed E-state index contributed by atoms with van der Waals surface area (Å²) in [6.45, 7) is 0. The minimum Gasteiger partial charge on any atom is -0.507 e. The van der Waals surface area contributed by atoms with Crippen LogP contribution in [0.2, 0.25) is 0 Å². The van der Waals surface area contributed by atoms with Crippen molar-refractivity contribution in [3.8, 4) is 28.7 Å². The molecule has 0 fully saturated rings. The van der Waals surface area contributed by atoms with Crippen LogP contribution in [0, 0.1) is 0 Å². The van der Waals surface area contributed by atoms with Crippen molar-refractivity contribution in [1.82, 2.24) is 0 Å². The number of allylic oxidation sites excluding steroid dienone is 1. The Bertz CT molecular complexity index is 779. The molecule has 126 valence electrons. The van der Waals surface area contributed by atoms with Crippen molar-refractivity contribution < 1.29 is 29.2 Å². The number of methoxy groups -OCH3 is 3. The highest BCUT2D eigenvalue weighted by atomic mass is 16.5. The Morgan fingerprint density at radius 1 is 0.917 bits per heavy atom. The number of hydrogen-bond donors (Lipinski definition) is 2.